The third kappa shape index (κ3) is 3.52. The van der Waals surface area contributed by atoms with Crippen molar-refractivity contribution in [3.63, 3.8) is 0 Å². The number of guanidine groups is 1. The van der Waals surface area contributed by atoms with E-state index >= 15 is 0 Å². The van der Waals surface area contributed by atoms with Crippen LogP contribution in [0.15, 0.2) is 34.2 Å². The molecule has 1 atom stereocenters. The Bertz CT molecular complexity index is 744. The van der Waals surface area contributed by atoms with Crippen LogP contribution in [0.3, 0.4) is 0 Å². The van der Waals surface area contributed by atoms with Gasteiger partial charge in [-0.15, -0.1) is 0 Å². The van der Waals surface area contributed by atoms with Crippen LogP contribution in [0.2, 0.25) is 0 Å². The summed E-state index contributed by atoms with van der Waals surface area (Å²) < 4.78 is 26.2. The average Bonchev–Trinajstić information content (AvgIpc) is 2.42. The van der Waals surface area contributed by atoms with Gasteiger partial charge in [-0.25, -0.2) is 22.9 Å². The molecule has 0 saturated heterocycles. The summed E-state index contributed by atoms with van der Waals surface area (Å²) >= 11 is 0. The molecule has 1 aliphatic heterocycles. The Kier molecular flexibility index (Phi) is 4.31. The van der Waals surface area contributed by atoms with Crippen LogP contribution < -0.4 is 15.8 Å². The lowest BCUT2D eigenvalue weighted by Crippen LogP contribution is -2.42. The van der Waals surface area contributed by atoms with Crippen LogP contribution >= 0.6 is 0 Å². The lowest BCUT2D eigenvalue weighted by Gasteiger charge is -2.22. The maximum atomic E-state index is 12.0. The number of amides is 1. The molecular formula is C12H14N4O5S. The highest BCUT2D eigenvalue weighted by atomic mass is 32.2. The largest absolute Gasteiger partial charge is 0.480 e. The number of benzene rings is 1. The minimum Gasteiger partial charge on any atom is -0.480 e. The smallest absolute Gasteiger partial charge is 0.328 e. The molecule has 0 saturated carbocycles. The van der Waals surface area contributed by atoms with Gasteiger partial charge in [-0.1, -0.05) is 12.1 Å². The number of hydrogen-bond acceptors (Lipinski definition) is 5. The number of carbonyl (C=O) groups excluding carboxylic acids is 1. The summed E-state index contributed by atoms with van der Waals surface area (Å²) in [7, 11) is -3.82. The molecule has 5 N–H and O–H groups in total. The van der Waals surface area contributed by atoms with Crippen LogP contribution in [0.4, 0.5) is 5.69 Å². The number of primary amides is 1. The van der Waals surface area contributed by atoms with E-state index < -0.39 is 27.9 Å². The fraction of sp³-hybridized carbons (Fsp3) is 0.250. The molecule has 10 heteroatoms. The molecule has 1 aromatic rings. The molecule has 0 bridgehead atoms. The number of para-hydroxylation sites is 1. The van der Waals surface area contributed by atoms with Crippen molar-refractivity contribution in [2.24, 2.45) is 10.7 Å². The zero-order valence-corrected chi connectivity index (χ0v) is 12.1. The number of carboxylic acids is 1. The Balaban J connectivity index is 2.29. The molecule has 1 aliphatic rings. The minimum absolute atomic E-state index is 0.0398. The van der Waals surface area contributed by atoms with E-state index in [4.69, 9.17) is 10.8 Å². The van der Waals surface area contributed by atoms with Crippen molar-refractivity contribution in [2.45, 2.75) is 23.8 Å². The number of nitrogens with one attached hydrogen (secondary N) is 2. The van der Waals surface area contributed by atoms with Crippen LogP contribution in [0, 0.1) is 0 Å². The van der Waals surface area contributed by atoms with E-state index in [9.17, 15) is 18.0 Å². The normalized spacial score (nSPS) is 18.6. The van der Waals surface area contributed by atoms with E-state index in [1.54, 1.807) is 12.1 Å². The number of anilines is 1. The first kappa shape index (κ1) is 15.8. The molecule has 9 nitrogen and oxygen atoms in total. The van der Waals surface area contributed by atoms with Crippen LogP contribution in [-0.2, 0) is 19.6 Å². The van der Waals surface area contributed by atoms with Crippen molar-refractivity contribution in [1.29, 1.82) is 0 Å². The van der Waals surface area contributed by atoms with Crippen molar-refractivity contribution in [1.82, 2.24) is 4.72 Å². The molecule has 1 amide bonds. The van der Waals surface area contributed by atoms with E-state index in [-0.39, 0.29) is 23.7 Å². The van der Waals surface area contributed by atoms with Gasteiger partial charge in [0, 0.05) is 6.42 Å². The maximum Gasteiger partial charge on any atom is 0.328 e. The number of fused-ring (bicyclic) bond motifs is 1. The van der Waals surface area contributed by atoms with Crippen LogP contribution in [0.1, 0.15) is 12.8 Å². The monoisotopic (exact) mass is 326 g/mol. The molecule has 2 rings (SSSR count). The molecular weight excluding hydrogens is 312 g/mol. The van der Waals surface area contributed by atoms with E-state index in [0.29, 0.717) is 5.69 Å². The Labute approximate surface area is 126 Å². The fourth-order valence-electron chi connectivity index (χ4n) is 1.88. The first-order valence-corrected chi connectivity index (χ1v) is 7.75. The molecule has 118 valence electrons. The highest BCUT2D eigenvalue weighted by Crippen LogP contribution is 2.24. The number of nitrogens with two attached hydrogens (primary N) is 1. The number of nitrogens with zero attached hydrogens (tertiary/aromatic N) is 1. The summed E-state index contributed by atoms with van der Waals surface area (Å²) in [6.45, 7) is 0. The molecule has 0 aromatic heterocycles. The van der Waals surface area contributed by atoms with Crippen molar-refractivity contribution in [2.75, 3.05) is 5.32 Å². The zero-order chi connectivity index (χ0) is 16.3. The highest BCUT2D eigenvalue weighted by Gasteiger charge is 2.27. The first-order chi connectivity index (χ1) is 10.3. The Morgan fingerprint density at radius 2 is 2.00 bits per heavy atom. The van der Waals surface area contributed by atoms with Crippen molar-refractivity contribution >= 4 is 33.5 Å². The number of hydrogen-bond donors (Lipinski definition) is 4. The lowest BCUT2D eigenvalue weighted by atomic mass is 10.1. The van der Waals surface area contributed by atoms with Gasteiger partial charge < -0.3 is 16.2 Å². The van der Waals surface area contributed by atoms with Gasteiger partial charge >= 0.3 is 5.97 Å². The number of rotatable bonds is 5. The SMILES string of the molecule is NC(=O)CCC(N=C1Nc2ccccc2S(=O)(=O)N1)C(=O)O. The van der Waals surface area contributed by atoms with Crippen LogP contribution in [0.25, 0.3) is 0 Å². The number of carboxylic acid groups (broad SMARTS) is 1. The summed E-state index contributed by atoms with van der Waals surface area (Å²) in [5.41, 5.74) is 5.26. The van der Waals surface area contributed by atoms with Crippen LogP contribution in [0.5, 0.6) is 0 Å². The molecule has 1 aromatic carbocycles. The summed E-state index contributed by atoms with van der Waals surface area (Å²) in [4.78, 5) is 25.7. The van der Waals surface area contributed by atoms with Crippen molar-refractivity contribution in [3.05, 3.63) is 24.3 Å². The fourth-order valence-corrected chi connectivity index (χ4v) is 3.01. The Morgan fingerprint density at radius 3 is 2.64 bits per heavy atom. The second-order valence-corrected chi connectivity index (χ2v) is 6.21. The Morgan fingerprint density at radius 1 is 1.32 bits per heavy atom. The molecule has 0 radical (unpaired) electrons. The average molecular weight is 326 g/mol. The quantitative estimate of drug-likeness (QED) is 0.570. The standard InChI is InChI=1S/C12H14N4O5S/c13-10(17)6-5-8(11(18)19)15-12-14-7-3-1-2-4-9(7)22(20,21)16-12/h1-4,8H,5-6H2,(H2,13,17)(H,18,19)(H2,14,15,16). The summed E-state index contributed by atoms with van der Waals surface area (Å²) in [5.74, 6) is -2.15. The molecule has 1 unspecified atom stereocenters. The van der Waals surface area contributed by atoms with Gasteiger partial charge in [0.2, 0.25) is 11.9 Å². The van der Waals surface area contributed by atoms with Gasteiger partial charge in [0.25, 0.3) is 10.0 Å². The second-order valence-electron chi connectivity index (χ2n) is 4.56. The summed E-state index contributed by atoms with van der Waals surface area (Å²) in [6, 6.07) is 4.84. The lowest BCUT2D eigenvalue weighted by molar-refractivity contribution is -0.138. The molecule has 0 fully saturated rings. The number of aliphatic imine (C=N–C) groups is 1. The predicted octanol–water partition coefficient (Wildman–Crippen LogP) is -0.535. The van der Waals surface area contributed by atoms with Gasteiger partial charge in [-0.05, 0) is 18.6 Å². The van der Waals surface area contributed by atoms with Gasteiger partial charge in [-0.3, -0.25) is 4.79 Å². The predicted molar refractivity (Wildman–Crippen MR) is 77.7 cm³/mol. The van der Waals surface area contributed by atoms with Gasteiger partial charge in [0.05, 0.1) is 5.69 Å². The number of sulfonamides is 1. The third-order valence-corrected chi connectivity index (χ3v) is 4.29. The molecule has 0 spiro atoms. The highest BCUT2D eigenvalue weighted by molar-refractivity contribution is 7.90. The van der Waals surface area contributed by atoms with E-state index in [0.717, 1.165) is 0 Å². The van der Waals surface area contributed by atoms with E-state index in [2.05, 4.69) is 15.0 Å². The van der Waals surface area contributed by atoms with E-state index in [1.807, 2.05) is 0 Å². The summed E-state index contributed by atoms with van der Waals surface area (Å²) in [6.07, 6.45) is -0.295. The van der Waals surface area contributed by atoms with Gasteiger partial charge in [0.15, 0.2) is 6.04 Å². The van der Waals surface area contributed by atoms with Gasteiger partial charge in [0.1, 0.15) is 4.90 Å². The van der Waals surface area contributed by atoms with E-state index in [1.165, 1.54) is 12.1 Å². The Hall–Kier alpha value is -2.62. The van der Waals surface area contributed by atoms with Crippen molar-refractivity contribution < 1.29 is 23.1 Å². The molecule has 1 heterocycles. The maximum absolute atomic E-state index is 12.0. The van der Waals surface area contributed by atoms with Crippen molar-refractivity contribution in [3.8, 4) is 0 Å². The van der Waals surface area contributed by atoms with Crippen LogP contribution in [-0.4, -0.2) is 37.4 Å². The number of carbonyl (C=O) groups is 2. The molecule has 22 heavy (non-hydrogen) atoms. The number of aliphatic carboxylic acids is 1. The zero-order valence-electron chi connectivity index (χ0n) is 11.3. The third-order valence-electron chi connectivity index (χ3n) is 2.89. The topological polar surface area (TPSA) is 151 Å². The molecule has 0 aliphatic carbocycles. The van der Waals surface area contributed by atoms with Gasteiger partial charge in [-0.2, -0.15) is 0 Å². The minimum atomic E-state index is -3.82. The summed E-state index contributed by atoms with van der Waals surface area (Å²) in [5, 5.41) is 11.8. The second kappa shape index (κ2) is 6.02. The first-order valence-electron chi connectivity index (χ1n) is 6.27.